The normalized spacial score (nSPS) is 17.2. The molecule has 0 unspecified atom stereocenters. The molecule has 2 aliphatic rings. The summed E-state index contributed by atoms with van der Waals surface area (Å²) < 4.78 is 22.1. The Bertz CT molecular complexity index is 1150. The van der Waals surface area contributed by atoms with Crippen molar-refractivity contribution in [3.05, 3.63) is 70.4 Å². The molecule has 0 aromatic heterocycles. The molecule has 2 aromatic carbocycles. The lowest BCUT2D eigenvalue weighted by Crippen LogP contribution is -2.41. The SMILES string of the molecule is [C-]#[N+]c1ccc(B2OC(C)(C)C(C)(C)O2)c(COC(C)=O)c1.[C-]#[N+]c1ccc2c(c1)COB2O. The summed E-state index contributed by atoms with van der Waals surface area (Å²) >= 11 is 0. The molecule has 8 nitrogen and oxygen atoms in total. The minimum Gasteiger partial charge on any atom is -0.461 e. The number of rotatable bonds is 3. The van der Waals surface area contributed by atoms with Crippen molar-refractivity contribution >= 4 is 42.5 Å². The number of carbonyl (C=O) groups is 1. The summed E-state index contributed by atoms with van der Waals surface area (Å²) in [4.78, 5) is 17.8. The molecule has 2 aromatic rings. The molecular formula is C24H26B2N2O6. The van der Waals surface area contributed by atoms with E-state index >= 15 is 0 Å². The maximum Gasteiger partial charge on any atom is 0.495 e. The Kier molecular flexibility index (Phi) is 7.50. The molecule has 1 saturated heterocycles. The van der Waals surface area contributed by atoms with Gasteiger partial charge in [-0.2, -0.15) is 0 Å². The fourth-order valence-electron chi connectivity index (χ4n) is 3.45. The summed E-state index contributed by atoms with van der Waals surface area (Å²) in [5.41, 5.74) is 3.38. The number of hydrogen-bond acceptors (Lipinski definition) is 6. The van der Waals surface area contributed by atoms with Gasteiger partial charge < -0.3 is 23.7 Å². The molecule has 0 aliphatic carbocycles. The molecule has 0 amide bonds. The van der Waals surface area contributed by atoms with Crippen LogP contribution in [0.25, 0.3) is 9.69 Å². The van der Waals surface area contributed by atoms with Crippen LogP contribution >= 0.6 is 0 Å². The van der Waals surface area contributed by atoms with Crippen molar-refractivity contribution in [1.29, 1.82) is 0 Å². The molecule has 10 heteroatoms. The number of fused-ring (bicyclic) bond motifs is 1. The molecule has 4 rings (SSSR count). The highest BCUT2D eigenvalue weighted by molar-refractivity contribution is 6.62. The summed E-state index contributed by atoms with van der Waals surface area (Å²) in [6.45, 7) is 23.7. The lowest BCUT2D eigenvalue weighted by molar-refractivity contribution is -0.142. The van der Waals surface area contributed by atoms with E-state index in [0.717, 1.165) is 22.1 Å². The van der Waals surface area contributed by atoms with Crippen LogP contribution in [-0.4, -0.2) is 36.4 Å². The predicted octanol–water partition coefficient (Wildman–Crippen LogP) is 3.05. The molecule has 1 N–H and O–H groups in total. The van der Waals surface area contributed by atoms with Gasteiger partial charge >= 0.3 is 20.2 Å². The zero-order valence-electron chi connectivity index (χ0n) is 19.9. The number of esters is 1. The topological polar surface area (TPSA) is 82.9 Å². The second-order valence-electron chi connectivity index (χ2n) is 9.02. The van der Waals surface area contributed by atoms with E-state index in [-0.39, 0.29) is 12.6 Å². The molecule has 0 saturated carbocycles. The van der Waals surface area contributed by atoms with Crippen LogP contribution in [0.3, 0.4) is 0 Å². The predicted molar refractivity (Wildman–Crippen MR) is 129 cm³/mol. The highest BCUT2D eigenvalue weighted by Gasteiger charge is 2.52. The molecular weight excluding hydrogens is 434 g/mol. The van der Waals surface area contributed by atoms with Crippen molar-refractivity contribution in [2.75, 3.05) is 0 Å². The van der Waals surface area contributed by atoms with Crippen LogP contribution < -0.4 is 10.9 Å². The van der Waals surface area contributed by atoms with E-state index in [1.165, 1.54) is 6.92 Å². The lowest BCUT2D eigenvalue weighted by atomic mass is 9.76. The highest BCUT2D eigenvalue weighted by atomic mass is 16.7. The number of ether oxygens (including phenoxy) is 1. The second kappa shape index (κ2) is 10.0. The van der Waals surface area contributed by atoms with Crippen molar-refractivity contribution in [3.63, 3.8) is 0 Å². The van der Waals surface area contributed by atoms with Crippen molar-refractivity contribution in [3.8, 4) is 0 Å². The molecule has 1 fully saturated rings. The van der Waals surface area contributed by atoms with Gasteiger partial charge in [-0.15, -0.1) is 0 Å². The third kappa shape index (κ3) is 5.49. The minimum absolute atomic E-state index is 0.0953. The van der Waals surface area contributed by atoms with Crippen LogP contribution in [0.15, 0.2) is 36.4 Å². The first-order valence-corrected chi connectivity index (χ1v) is 10.8. The fraction of sp³-hybridized carbons (Fsp3) is 0.375. The largest absolute Gasteiger partial charge is 0.495 e. The molecule has 0 spiro atoms. The Labute approximate surface area is 200 Å². The van der Waals surface area contributed by atoms with E-state index in [1.54, 1.807) is 36.4 Å². The number of benzene rings is 2. The Balaban J connectivity index is 0.000000226. The fourth-order valence-corrected chi connectivity index (χ4v) is 3.45. The zero-order valence-corrected chi connectivity index (χ0v) is 19.9. The number of carbonyl (C=O) groups excluding carboxylic acids is 1. The summed E-state index contributed by atoms with van der Waals surface area (Å²) in [6.07, 6.45) is 0. The van der Waals surface area contributed by atoms with Crippen molar-refractivity contribution < 1.29 is 28.5 Å². The van der Waals surface area contributed by atoms with Crippen molar-refractivity contribution in [2.45, 2.75) is 59.0 Å². The Morgan fingerprint density at radius 2 is 1.59 bits per heavy atom. The Morgan fingerprint density at radius 3 is 2.15 bits per heavy atom. The average Bonchev–Trinajstić information content (AvgIpc) is 3.26. The van der Waals surface area contributed by atoms with Crippen LogP contribution in [0.2, 0.25) is 0 Å². The van der Waals surface area contributed by atoms with E-state index < -0.39 is 25.4 Å². The lowest BCUT2D eigenvalue weighted by Gasteiger charge is -2.32. The molecule has 2 aliphatic heterocycles. The van der Waals surface area contributed by atoms with Gasteiger partial charge in [0, 0.05) is 6.92 Å². The summed E-state index contributed by atoms with van der Waals surface area (Å²) in [7, 11) is -1.35. The third-order valence-corrected chi connectivity index (χ3v) is 6.11. The van der Waals surface area contributed by atoms with E-state index in [1.807, 2.05) is 27.7 Å². The first-order valence-electron chi connectivity index (χ1n) is 10.8. The standard InChI is InChI=1S/C16H20BNO4.C8H6BNO2/c1-11(19)20-10-12-9-13(18-6)7-8-14(12)17-21-15(2,3)16(4,5)22-17;1-10-7-2-3-8-6(4-7)5-12-9(8)11/h7-9H,10H2,1-5H3;2-4,11H,5H2. The van der Waals surface area contributed by atoms with Crippen molar-refractivity contribution in [2.24, 2.45) is 0 Å². The molecule has 0 radical (unpaired) electrons. The molecule has 0 atom stereocenters. The van der Waals surface area contributed by atoms with Gasteiger partial charge in [0.2, 0.25) is 0 Å². The molecule has 174 valence electrons. The Hall–Kier alpha value is -3.14. The van der Waals surface area contributed by atoms with Gasteiger partial charge in [0.05, 0.1) is 31.0 Å². The van der Waals surface area contributed by atoms with Crippen LogP contribution in [-0.2, 0) is 36.7 Å². The smallest absolute Gasteiger partial charge is 0.461 e. The van der Waals surface area contributed by atoms with E-state index in [4.69, 9.17) is 31.8 Å². The minimum atomic E-state index is -0.806. The van der Waals surface area contributed by atoms with Gasteiger partial charge in [-0.1, -0.05) is 36.4 Å². The van der Waals surface area contributed by atoms with Crippen molar-refractivity contribution in [1.82, 2.24) is 0 Å². The average molecular weight is 460 g/mol. The summed E-state index contributed by atoms with van der Waals surface area (Å²) in [5, 5.41) is 9.25. The van der Waals surface area contributed by atoms with Gasteiger partial charge in [-0.25, -0.2) is 9.69 Å². The van der Waals surface area contributed by atoms with Gasteiger partial charge in [-0.3, -0.25) is 4.79 Å². The molecule has 0 bridgehead atoms. The number of hydrogen-bond donors (Lipinski definition) is 1. The van der Waals surface area contributed by atoms with E-state index in [2.05, 4.69) is 9.69 Å². The number of nitrogens with zero attached hydrogens (tertiary/aromatic N) is 2. The van der Waals surface area contributed by atoms with E-state index in [0.29, 0.717) is 18.0 Å². The maximum absolute atomic E-state index is 11.1. The quantitative estimate of drug-likeness (QED) is 0.431. The van der Waals surface area contributed by atoms with Crippen LogP contribution in [0.1, 0.15) is 45.7 Å². The Morgan fingerprint density at radius 1 is 1.03 bits per heavy atom. The van der Waals surface area contributed by atoms with Gasteiger partial charge in [0.25, 0.3) is 0 Å². The van der Waals surface area contributed by atoms with Crippen LogP contribution in [0, 0.1) is 13.1 Å². The summed E-state index contributed by atoms with van der Waals surface area (Å²) in [6, 6.07) is 10.4. The highest BCUT2D eigenvalue weighted by Crippen LogP contribution is 2.37. The third-order valence-electron chi connectivity index (χ3n) is 6.11. The summed E-state index contributed by atoms with van der Waals surface area (Å²) in [5.74, 6) is -0.368. The molecule has 34 heavy (non-hydrogen) atoms. The maximum atomic E-state index is 11.1. The van der Waals surface area contributed by atoms with Gasteiger partial charge in [-0.05, 0) is 49.7 Å². The van der Waals surface area contributed by atoms with Crippen LogP contribution in [0.4, 0.5) is 11.4 Å². The monoisotopic (exact) mass is 460 g/mol. The zero-order chi connectivity index (χ0) is 25.1. The molecule has 2 heterocycles. The van der Waals surface area contributed by atoms with Crippen LogP contribution in [0.5, 0.6) is 0 Å². The van der Waals surface area contributed by atoms with E-state index in [9.17, 15) is 9.82 Å². The van der Waals surface area contributed by atoms with Gasteiger partial charge in [0.1, 0.15) is 6.61 Å². The first kappa shape index (κ1) is 25.5. The second-order valence-corrected chi connectivity index (χ2v) is 9.02. The first-order chi connectivity index (χ1) is 16.0. The van der Waals surface area contributed by atoms with Gasteiger partial charge in [0.15, 0.2) is 11.4 Å².